The maximum absolute atomic E-state index is 13.1. The molecule has 0 spiro atoms. The first-order chi connectivity index (χ1) is 16.4. The molecule has 1 aliphatic heterocycles. The smallest absolute Gasteiger partial charge is 0.227 e. The van der Waals surface area contributed by atoms with Crippen LogP contribution in [0.3, 0.4) is 0 Å². The van der Waals surface area contributed by atoms with Gasteiger partial charge in [-0.2, -0.15) is 0 Å². The number of benzene rings is 3. The summed E-state index contributed by atoms with van der Waals surface area (Å²) in [5.74, 6) is -0.280. The summed E-state index contributed by atoms with van der Waals surface area (Å²) in [4.78, 5) is 17.0. The van der Waals surface area contributed by atoms with Gasteiger partial charge in [0.05, 0.1) is 6.42 Å². The van der Waals surface area contributed by atoms with Gasteiger partial charge in [-0.3, -0.25) is 9.69 Å². The number of nitrogens with zero attached hydrogens (tertiary/aromatic N) is 2. The molecule has 1 amide bonds. The number of amides is 1. The largest absolute Gasteiger partial charge is 0.341 e. The van der Waals surface area contributed by atoms with E-state index in [0.717, 1.165) is 41.9 Å². The Morgan fingerprint density at radius 1 is 0.941 bits per heavy atom. The lowest BCUT2D eigenvalue weighted by molar-refractivity contribution is -0.129. The van der Waals surface area contributed by atoms with Gasteiger partial charge < -0.3 is 10.2 Å². The van der Waals surface area contributed by atoms with E-state index in [9.17, 15) is 9.18 Å². The van der Waals surface area contributed by atoms with E-state index in [0.29, 0.717) is 18.6 Å². The number of piperazine rings is 1. The van der Waals surface area contributed by atoms with Crippen LogP contribution in [0.25, 0.3) is 11.1 Å². The summed E-state index contributed by atoms with van der Waals surface area (Å²) in [7, 11) is 1.82. The van der Waals surface area contributed by atoms with Gasteiger partial charge in [-0.15, -0.1) is 0 Å². The van der Waals surface area contributed by atoms with Gasteiger partial charge in [-0.1, -0.05) is 60.7 Å². The van der Waals surface area contributed by atoms with E-state index in [1.807, 2.05) is 19.2 Å². The molecule has 1 heterocycles. The van der Waals surface area contributed by atoms with Crippen LogP contribution in [0.1, 0.15) is 30.5 Å². The van der Waals surface area contributed by atoms with E-state index in [1.54, 1.807) is 17.0 Å². The summed E-state index contributed by atoms with van der Waals surface area (Å²) in [6.45, 7) is 8.09. The van der Waals surface area contributed by atoms with E-state index >= 15 is 0 Å². The van der Waals surface area contributed by atoms with Crippen molar-refractivity contribution in [1.29, 1.82) is 0 Å². The van der Waals surface area contributed by atoms with Crippen molar-refractivity contribution in [1.82, 2.24) is 15.1 Å². The van der Waals surface area contributed by atoms with Crippen molar-refractivity contribution in [3.8, 4) is 11.1 Å². The van der Waals surface area contributed by atoms with Gasteiger partial charge in [0, 0.05) is 45.3 Å². The van der Waals surface area contributed by atoms with Crippen LogP contribution in [0.4, 0.5) is 4.39 Å². The molecule has 0 aromatic heterocycles. The summed E-state index contributed by atoms with van der Waals surface area (Å²) in [6.07, 6.45) is 0.261. The maximum atomic E-state index is 13.1. The third-order valence-electron chi connectivity index (χ3n) is 6.42. The number of halogens is 1. The Bertz CT molecular complexity index is 1090. The Hall–Kier alpha value is -3.02. The van der Waals surface area contributed by atoms with Crippen LogP contribution in [-0.2, 0) is 24.3 Å². The molecule has 1 N–H and O–H groups in total. The predicted octanol–water partition coefficient (Wildman–Crippen LogP) is 4.88. The highest BCUT2D eigenvalue weighted by Crippen LogP contribution is 2.26. The number of carbonyl (C=O) groups is 1. The summed E-state index contributed by atoms with van der Waals surface area (Å²) in [6, 6.07) is 24.2. The van der Waals surface area contributed by atoms with Crippen molar-refractivity contribution in [2.75, 3.05) is 20.1 Å². The second kappa shape index (κ2) is 10.9. The second-order valence-electron chi connectivity index (χ2n) is 9.57. The molecule has 5 heteroatoms. The highest BCUT2D eigenvalue weighted by Gasteiger charge is 2.20. The summed E-state index contributed by atoms with van der Waals surface area (Å²) < 4.78 is 13.1. The molecule has 4 nitrogen and oxygen atoms in total. The molecule has 0 unspecified atom stereocenters. The molecule has 2 atom stereocenters. The number of carbonyl (C=O) groups excluding carboxylic acids is 1. The molecule has 3 aromatic rings. The monoisotopic (exact) mass is 459 g/mol. The van der Waals surface area contributed by atoms with Gasteiger partial charge in [0.1, 0.15) is 5.82 Å². The maximum Gasteiger partial charge on any atom is 0.227 e. The van der Waals surface area contributed by atoms with Crippen molar-refractivity contribution in [2.45, 2.75) is 45.4 Å². The molecule has 34 heavy (non-hydrogen) atoms. The van der Waals surface area contributed by atoms with Crippen LogP contribution in [0.2, 0.25) is 0 Å². The molecular weight excluding hydrogens is 425 g/mol. The normalized spacial score (nSPS) is 18.6. The lowest BCUT2D eigenvalue weighted by Gasteiger charge is -2.36. The molecule has 0 saturated carbocycles. The first-order valence-electron chi connectivity index (χ1n) is 12.0. The average Bonchev–Trinajstić information content (AvgIpc) is 2.81. The fourth-order valence-electron chi connectivity index (χ4n) is 4.81. The minimum absolute atomic E-state index is 0.0104. The van der Waals surface area contributed by atoms with Crippen molar-refractivity contribution >= 4 is 5.91 Å². The predicted molar refractivity (Wildman–Crippen MR) is 136 cm³/mol. The molecule has 1 aliphatic rings. The summed E-state index contributed by atoms with van der Waals surface area (Å²) in [5.41, 5.74) is 5.53. The van der Waals surface area contributed by atoms with Gasteiger partial charge in [-0.25, -0.2) is 4.39 Å². The number of rotatable bonds is 7. The standard InChI is InChI=1S/C29H34FN3O/c1-21-17-33(18-22(2)31-21)19-24-8-12-25(13-9-24)28-7-5-4-6-26(28)20-32(3)29(34)16-23-10-14-27(30)15-11-23/h4-15,21-22,31H,16-20H2,1-3H3/t21-,22+. The minimum Gasteiger partial charge on any atom is -0.341 e. The van der Waals surface area contributed by atoms with Crippen LogP contribution in [-0.4, -0.2) is 47.9 Å². The van der Waals surface area contributed by atoms with E-state index in [4.69, 9.17) is 0 Å². The van der Waals surface area contributed by atoms with Crippen LogP contribution in [0.15, 0.2) is 72.8 Å². The Balaban J connectivity index is 1.42. The van der Waals surface area contributed by atoms with Crippen LogP contribution in [0.5, 0.6) is 0 Å². The quantitative estimate of drug-likeness (QED) is 0.547. The molecule has 1 fully saturated rings. The molecule has 3 aromatic carbocycles. The minimum atomic E-state index is -0.290. The molecule has 1 saturated heterocycles. The van der Waals surface area contributed by atoms with Crippen molar-refractivity contribution < 1.29 is 9.18 Å². The second-order valence-corrected chi connectivity index (χ2v) is 9.57. The third kappa shape index (κ3) is 6.31. The van der Waals surface area contributed by atoms with Crippen LogP contribution in [0, 0.1) is 5.82 Å². The Morgan fingerprint density at radius 3 is 2.24 bits per heavy atom. The van der Waals surface area contributed by atoms with Gasteiger partial charge in [0.15, 0.2) is 0 Å². The lowest BCUT2D eigenvalue weighted by atomic mass is 9.98. The summed E-state index contributed by atoms with van der Waals surface area (Å²) in [5, 5.41) is 3.59. The first kappa shape index (κ1) is 24.1. The highest BCUT2D eigenvalue weighted by molar-refractivity contribution is 5.79. The fourth-order valence-corrected chi connectivity index (χ4v) is 4.81. The average molecular weight is 460 g/mol. The van der Waals surface area contributed by atoms with Crippen molar-refractivity contribution in [3.05, 3.63) is 95.3 Å². The molecule has 0 bridgehead atoms. The first-order valence-corrected chi connectivity index (χ1v) is 12.0. The van der Waals surface area contributed by atoms with Gasteiger partial charge >= 0.3 is 0 Å². The van der Waals surface area contributed by atoms with E-state index in [-0.39, 0.29) is 18.1 Å². The number of likely N-dealkylation sites (N-methyl/N-ethyl adjacent to an activating group) is 1. The van der Waals surface area contributed by atoms with Crippen LogP contribution >= 0.6 is 0 Å². The number of hydrogen-bond donors (Lipinski definition) is 1. The van der Waals surface area contributed by atoms with Crippen LogP contribution < -0.4 is 5.32 Å². The van der Waals surface area contributed by atoms with E-state index in [1.165, 1.54) is 17.7 Å². The highest BCUT2D eigenvalue weighted by atomic mass is 19.1. The molecule has 0 aliphatic carbocycles. The molecule has 178 valence electrons. The number of hydrogen-bond acceptors (Lipinski definition) is 3. The zero-order valence-corrected chi connectivity index (χ0v) is 20.3. The lowest BCUT2D eigenvalue weighted by Crippen LogP contribution is -2.53. The van der Waals surface area contributed by atoms with Gasteiger partial charge in [0.25, 0.3) is 0 Å². The van der Waals surface area contributed by atoms with E-state index in [2.05, 4.69) is 60.5 Å². The Kier molecular flexibility index (Phi) is 7.76. The van der Waals surface area contributed by atoms with E-state index < -0.39 is 0 Å². The zero-order chi connectivity index (χ0) is 24.1. The number of nitrogens with one attached hydrogen (secondary N) is 1. The molecule has 0 radical (unpaired) electrons. The molecule has 4 rings (SSSR count). The molecular formula is C29H34FN3O. The SMILES string of the molecule is C[C@@H]1CN(Cc2ccc(-c3ccccc3CN(C)C(=O)Cc3ccc(F)cc3)cc2)C[C@H](C)N1. The fraction of sp³-hybridized carbons (Fsp3) is 0.345. The Morgan fingerprint density at radius 2 is 1.56 bits per heavy atom. The topological polar surface area (TPSA) is 35.6 Å². The van der Waals surface area contributed by atoms with Crippen molar-refractivity contribution in [2.24, 2.45) is 0 Å². The Labute approximate surface area is 202 Å². The third-order valence-corrected chi connectivity index (χ3v) is 6.42. The van der Waals surface area contributed by atoms with Crippen molar-refractivity contribution in [3.63, 3.8) is 0 Å². The zero-order valence-electron chi connectivity index (χ0n) is 20.3. The summed E-state index contributed by atoms with van der Waals surface area (Å²) >= 11 is 0. The van der Waals surface area contributed by atoms with Gasteiger partial charge in [-0.05, 0) is 53.8 Å². The van der Waals surface area contributed by atoms with Gasteiger partial charge in [0.2, 0.25) is 5.91 Å².